The summed E-state index contributed by atoms with van der Waals surface area (Å²) in [6, 6.07) is 0. The Bertz CT molecular complexity index is 150. The Labute approximate surface area is 74.1 Å². The molecule has 0 aromatic carbocycles. The molecule has 1 rings (SSSR count). The van der Waals surface area contributed by atoms with Gasteiger partial charge in [0.15, 0.2) is 0 Å². The maximum atomic E-state index is 9.31. The lowest BCUT2D eigenvalue weighted by molar-refractivity contribution is -0.178. The van der Waals surface area contributed by atoms with Crippen molar-refractivity contribution in [3.05, 3.63) is 11.1 Å². The normalized spacial score (nSPS) is 26.1. The minimum absolute atomic E-state index is 0.530. The van der Waals surface area contributed by atoms with Crippen molar-refractivity contribution in [1.29, 1.82) is 0 Å². The monoisotopic (exact) mass is 222 g/mol. The average Bonchev–Trinajstić information content (AvgIpc) is 2.38. The van der Waals surface area contributed by atoms with Crippen LogP contribution in [0.3, 0.4) is 0 Å². The van der Waals surface area contributed by atoms with Gasteiger partial charge in [-0.2, -0.15) is 0 Å². The van der Waals surface area contributed by atoms with Crippen LogP contribution in [0.5, 0.6) is 0 Å². The highest BCUT2D eigenvalue weighted by Crippen LogP contribution is 2.25. The molecule has 1 atom stereocenters. The van der Waals surface area contributed by atoms with Crippen molar-refractivity contribution in [1.82, 2.24) is 0 Å². The zero-order valence-electron chi connectivity index (χ0n) is 6.29. The number of halogens is 1. The Morgan fingerprint density at radius 3 is 2.45 bits per heavy atom. The minimum atomic E-state index is -0.927. The lowest BCUT2D eigenvalue weighted by Crippen LogP contribution is -2.39. The van der Waals surface area contributed by atoms with E-state index >= 15 is 0 Å². The third-order valence-corrected chi connectivity index (χ3v) is 1.88. The molecule has 1 fully saturated rings. The third-order valence-electron chi connectivity index (χ3n) is 1.62. The molecule has 11 heavy (non-hydrogen) atoms. The van der Waals surface area contributed by atoms with Gasteiger partial charge in [-0.25, -0.2) is 0 Å². The zero-order chi connectivity index (χ0) is 8.32. The van der Waals surface area contributed by atoms with Crippen molar-refractivity contribution in [2.45, 2.75) is 18.8 Å². The summed E-state index contributed by atoms with van der Waals surface area (Å²) in [4.78, 5) is 1.63. The van der Waals surface area contributed by atoms with E-state index in [4.69, 9.17) is 9.47 Å². The molecule has 0 aromatic heterocycles. The van der Waals surface area contributed by atoms with Crippen LogP contribution in [-0.4, -0.2) is 30.2 Å². The molecule has 1 N–H and O–H groups in total. The summed E-state index contributed by atoms with van der Waals surface area (Å²) in [6.07, 6.45) is 1.00. The van der Waals surface area contributed by atoms with Crippen LogP contribution in [-0.2, 0) is 9.47 Å². The molecule has 0 saturated carbocycles. The van der Waals surface area contributed by atoms with Gasteiger partial charge in [-0.3, -0.25) is 0 Å². The van der Waals surface area contributed by atoms with Crippen LogP contribution in [0.1, 0.15) is 6.92 Å². The fourth-order valence-electron chi connectivity index (χ4n) is 1.01. The Morgan fingerprint density at radius 2 is 2.09 bits per heavy atom. The summed E-state index contributed by atoms with van der Waals surface area (Å²) in [7, 11) is 0. The fourth-order valence-corrected chi connectivity index (χ4v) is 1.38. The highest BCUT2D eigenvalue weighted by molar-refractivity contribution is 9.11. The predicted molar refractivity (Wildman–Crippen MR) is 44.4 cm³/mol. The number of ether oxygens (including phenoxy) is 2. The van der Waals surface area contributed by atoms with Crippen LogP contribution in [0.2, 0.25) is 0 Å². The van der Waals surface area contributed by atoms with E-state index in [0.717, 1.165) is 0 Å². The summed E-state index contributed by atoms with van der Waals surface area (Å²) in [5.74, 6) is -0.927. The molecule has 0 bridgehead atoms. The highest BCUT2D eigenvalue weighted by atomic mass is 79.9. The first-order chi connectivity index (χ1) is 5.21. The van der Waals surface area contributed by atoms with Gasteiger partial charge < -0.3 is 14.6 Å². The van der Waals surface area contributed by atoms with Gasteiger partial charge in [0.25, 0.3) is 0 Å². The van der Waals surface area contributed by atoms with E-state index in [1.807, 2.05) is 0 Å². The smallest absolute Gasteiger partial charge is 0.215 e. The first kappa shape index (κ1) is 9.19. The Balaban J connectivity index is 2.70. The van der Waals surface area contributed by atoms with Crippen LogP contribution in [0.15, 0.2) is 11.1 Å². The van der Waals surface area contributed by atoms with Crippen LogP contribution >= 0.6 is 15.9 Å². The number of aliphatic hydroxyl groups is 1. The molecular formula is C7H11BrO3. The van der Waals surface area contributed by atoms with Gasteiger partial charge in [-0.15, -0.1) is 0 Å². The first-order valence-corrected chi connectivity index (χ1v) is 4.37. The highest BCUT2D eigenvalue weighted by Gasteiger charge is 2.38. The summed E-state index contributed by atoms with van der Waals surface area (Å²) >= 11 is 3.11. The summed E-state index contributed by atoms with van der Waals surface area (Å²) in [6.45, 7) is 2.70. The topological polar surface area (TPSA) is 38.7 Å². The largest absolute Gasteiger partial charge is 0.387 e. The maximum absolute atomic E-state index is 9.31. The predicted octanol–water partition coefficient (Wildman–Crippen LogP) is 1.02. The minimum Gasteiger partial charge on any atom is -0.387 e. The number of hydrogen-bond donors (Lipinski definition) is 1. The number of hydrogen-bond acceptors (Lipinski definition) is 3. The molecule has 3 nitrogen and oxygen atoms in total. The third kappa shape index (κ3) is 1.82. The van der Waals surface area contributed by atoms with Gasteiger partial charge in [-0.1, -0.05) is 15.9 Å². The van der Waals surface area contributed by atoms with Crippen molar-refractivity contribution in [3.8, 4) is 0 Å². The van der Waals surface area contributed by atoms with Gasteiger partial charge in [-0.05, 0) is 18.0 Å². The molecule has 0 spiro atoms. The van der Waals surface area contributed by atoms with Gasteiger partial charge >= 0.3 is 0 Å². The van der Waals surface area contributed by atoms with Gasteiger partial charge in [0.1, 0.15) is 6.10 Å². The van der Waals surface area contributed by atoms with E-state index in [1.165, 1.54) is 0 Å². The Morgan fingerprint density at radius 1 is 1.55 bits per heavy atom. The molecule has 1 aliphatic rings. The van der Waals surface area contributed by atoms with Gasteiger partial charge in [0.2, 0.25) is 5.79 Å². The molecular weight excluding hydrogens is 212 g/mol. The molecule has 0 aliphatic carbocycles. The number of rotatable bonds is 2. The van der Waals surface area contributed by atoms with E-state index < -0.39 is 11.9 Å². The van der Waals surface area contributed by atoms with E-state index in [2.05, 4.69) is 15.9 Å². The summed E-state index contributed by atoms with van der Waals surface area (Å²) in [5, 5.41) is 9.31. The lowest BCUT2D eigenvalue weighted by Gasteiger charge is -2.26. The molecule has 1 saturated heterocycles. The lowest BCUT2D eigenvalue weighted by atomic mass is 10.2. The van der Waals surface area contributed by atoms with Crippen molar-refractivity contribution in [2.75, 3.05) is 13.2 Å². The van der Waals surface area contributed by atoms with E-state index in [0.29, 0.717) is 13.2 Å². The molecule has 0 radical (unpaired) electrons. The van der Waals surface area contributed by atoms with Crippen LogP contribution < -0.4 is 0 Å². The summed E-state index contributed by atoms with van der Waals surface area (Å²) < 4.78 is 10.5. The van der Waals surface area contributed by atoms with E-state index in [1.54, 1.807) is 18.0 Å². The first-order valence-electron chi connectivity index (χ1n) is 3.45. The molecule has 64 valence electrons. The second kappa shape index (κ2) is 3.67. The second-order valence-electron chi connectivity index (χ2n) is 2.39. The molecule has 1 heterocycles. The van der Waals surface area contributed by atoms with Crippen molar-refractivity contribution in [2.24, 2.45) is 0 Å². The quantitative estimate of drug-likeness (QED) is 0.759. The molecule has 1 aliphatic heterocycles. The number of aliphatic hydroxyl groups excluding tert-OH is 1. The maximum Gasteiger partial charge on any atom is 0.215 e. The molecule has 0 aromatic rings. The Kier molecular flexibility index (Phi) is 3.06. The van der Waals surface area contributed by atoms with E-state index in [9.17, 15) is 5.11 Å². The molecule has 0 unspecified atom stereocenters. The van der Waals surface area contributed by atoms with Crippen LogP contribution in [0, 0.1) is 0 Å². The van der Waals surface area contributed by atoms with Gasteiger partial charge in [0.05, 0.1) is 13.2 Å². The van der Waals surface area contributed by atoms with E-state index in [-0.39, 0.29) is 0 Å². The van der Waals surface area contributed by atoms with Gasteiger partial charge in [0, 0.05) is 0 Å². The van der Waals surface area contributed by atoms with Crippen LogP contribution in [0.4, 0.5) is 0 Å². The molecule has 0 amide bonds. The van der Waals surface area contributed by atoms with Crippen molar-refractivity contribution >= 4 is 15.9 Å². The Hall–Kier alpha value is 0.1000. The zero-order valence-corrected chi connectivity index (χ0v) is 7.87. The fraction of sp³-hybridized carbons (Fsp3) is 0.714. The second-order valence-corrected chi connectivity index (χ2v) is 2.92. The van der Waals surface area contributed by atoms with Crippen molar-refractivity contribution < 1.29 is 14.6 Å². The summed E-state index contributed by atoms with van der Waals surface area (Å²) in [5.41, 5.74) is 0. The van der Waals surface area contributed by atoms with Crippen molar-refractivity contribution in [3.63, 3.8) is 0 Å². The SMILES string of the molecule is C[C@H](O)C1(/C=C/Br)OCCO1. The van der Waals surface area contributed by atoms with Crippen LogP contribution in [0.25, 0.3) is 0 Å². The standard InChI is InChI=1S/C7H11BrO3/c1-6(9)7(2-3-8)10-4-5-11-7/h2-3,6,9H,4-5H2,1H3/b3-2+/t6-/m0/s1. The average molecular weight is 223 g/mol. The molecule has 4 heteroatoms.